The molecule has 1 aromatic carbocycles. The molecule has 0 aliphatic rings. The van der Waals surface area contributed by atoms with E-state index < -0.39 is 5.97 Å². The van der Waals surface area contributed by atoms with Crippen molar-refractivity contribution in [1.29, 1.82) is 0 Å². The number of esters is 1. The molecule has 0 aliphatic carbocycles. The van der Waals surface area contributed by atoms with Crippen molar-refractivity contribution in [3.63, 3.8) is 0 Å². The number of nitrogens with zero attached hydrogens (tertiary/aromatic N) is 4. The summed E-state index contributed by atoms with van der Waals surface area (Å²) in [5, 5.41) is 0.748. The number of thioether (sulfide) groups is 1. The lowest BCUT2D eigenvalue weighted by atomic mass is 9.99. The third-order valence-electron chi connectivity index (χ3n) is 4.66. The monoisotopic (exact) mass is 418 g/mol. The minimum atomic E-state index is -0.442. The first kappa shape index (κ1) is 20.1. The lowest BCUT2D eigenvalue weighted by Crippen LogP contribution is -2.04. The highest BCUT2D eigenvalue weighted by molar-refractivity contribution is 7.98. The van der Waals surface area contributed by atoms with Gasteiger partial charge in [-0.2, -0.15) is 0 Å². The van der Waals surface area contributed by atoms with Crippen molar-refractivity contribution in [2.24, 2.45) is 0 Å². The number of carbonyl (C=O) groups is 1. The standard InChI is InChI=1S/C23H22N4O2S/c1-5-29-22(28)18-13-27-21(25-18)19(17-11-14(2)24-15(3)12-17)20(26-23(27)30-4)16-9-7-6-8-10-16/h6-13H,5H2,1-4H3. The molecule has 30 heavy (non-hydrogen) atoms. The molecule has 6 nitrogen and oxygen atoms in total. The molecule has 0 fully saturated rings. The molecule has 152 valence electrons. The molecule has 0 atom stereocenters. The Morgan fingerprint density at radius 1 is 1.03 bits per heavy atom. The van der Waals surface area contributed by atoms with Crippen LogP contribution in [0.3, 0.4) is 0 Å². The normalized spacial score (nSPS) is 11.1. The van der Waals surface area contributed by atoms with E-state index in [9.17, 15) is 4.79 Å². The minimum Gasteiger partial charge on any atom is -0.461 e. The molecule has 0 saturated heterocycles. The van der Waals surface area contributed by atoms with Gasteiger partial charge in [-0.05, 0) is 44.7 Å². The molecule has 4 aromatic rings. The SMILES string of the molecule is CCOC(=O)c1cn2c(SC)nc(-c3ccccc3)c(-c3cc(C)nc(C)c3)c2n1. The van der Waals surface area contributed by atoms with Crippen molar-refractivity contribution < 1.29 is 9.53 Å². The number of rotatable bonds is 5. The molecule has 4 rings (SSSR count). The number of hydrogen-bond donors (Lipinski definition) is 0. The third kappa shape index (κ3) is 3.68. The fourth-order valence-electron chi connectivity index (χ4n) is 3.51. The number of ether oxygens (including phenoxy) is 1. The van der Waals surface area contributed by atoms with Gasteiger partial charge in [0, 0.05) is 23.1 Å². The highest BCUT2D eigenvalue weighted by atomic mass is 32.2. The van der Waals surface area contributed by atoms with Crippen molar-refractivity contribution in [2.45, 2.75) is 25.9 Å². The van der Waals surface area contributed by atoms with Gasteiger partial charge in [0.2, 0.25) is 0 Å². The molecule has 3 heterocycles. The summed E-state index contributed by atoms with van der Waals surface area (Å²) in [6, 6.07) is 14.1. The smallest absolute Gasteiger partial charge is 0.358 e. The molecule has 7 heteroatoms. The maximum absolute atomic E-state index is 12.4. The van der Waals surface area contributed by atoms with Gasteiger partial charge in [0.25, 0.3) is 0 Å². The van der Waals surface area contributed by atoms with Crippen LogP contribution < -0.4 is 0 Å². The van der Waals surface area contributed by atoms with E-state index in [4.69, 9.17) is 9.72 Å². The third-order valence-corrected chi connectivity index (χ3v) is 5.32. The van der Waals surface area contributed by atoms with Crippen molar-refractivity contribution in [1.82, 2.24) is 19.4 Å². The highest BCUT2D eigenvalue weighted by Crippen LogP contribution is 2.36. The summed E-state index contributed by atoms with van der Waals surface area (Å²) in [5.41, 5.74) is 6.38. The van der Waals surface area contributed by atoms with Crippen LogP contribution in [0, 0.1) is 13.8 Å². The fraction of sp³-hybridized carbons (Fsp3) is 0.217. The first-order valence-electron chi connectivity index (χ1n) is 9.67. The minimum absolute atomic E-state index is 0.267. The van der Waals surface area contributed by atoms with Crippen LogP contribution in [-0.2, 0) is 4.74 Å². The Morgan fingerprint density at radius 3 is 2.37 bits per heavy atom. The van der Waals surface area contributed by atoms with Gasteiger partial charge in [0.1, 0.15) is 5.65 Å². The molecule has 0 N–H and O–H groups in total. The lowest BCUT2D eigenvalue weighted by molar-refractivity contribution is 0.0520. The molecule has 0 unspecified atom stereocenters. The van der Waals surface area contributed by atoms with E-state index >= 15 is 0 Å². The molecule has 0 amide bonds. The summed E-state index contributed by atoms with van der Waals surface area (Å²) in [6.45, 7) is 6.01. The van der Waals surface area contributed by atoms with E-state index in [0.717, 1.165) is 38.9 Å². The number of aromatic nitrogens is 4. The molecule has 0 bridgehead atoms. The second-order valence-electron chi connectivity index (χ2n) is 6.87. The summed E-state index contributed by atoms with van der Waals surface area (Å²) in [7, 11) is 0. The van der Waals surface area contributed by atoms with Crippen molar-refractivity contribution in [3.05, 3.63) is 65.7 Å². The number of pyridine rings is 1. The van der Waals surface area contributed by atoms with Crippen LogP contribution in [-0.4, -0.2) is 38.2 Å². The predicted molar refractivity (Wildman–Crippen MR) is 119 cm³/mol. The van der Waals surface area contributed by atoms with Crippen molar-refractivity contribution in [2.75, 3.05) is 12.9 Å². The molecule has 0 radical (unpaired) electrons. The summed E-state index contributed by atoms with van der Waals surface area (Å²) in [5.74, 6) is -0.442. The molecule has 0 spiro atoms. The molecule has 0 aliphatic heterocycles. The Morgan fingerprint density at radius 2 is 1.73 bits per heavy atom. The van der Waals surface area contributed by atoms with Gasteiger partial charge < -0.3 is 4.74 Å². The predicted octanol–water partition coefficient (Wildman–Crippen LogP) is 4.97. The Kier molecular flexibility index (Phi) is 5.55. The van der Waals surface area contributed by atoms with Crippen LogP contribution in [0.2, 0.25) is 0 Å². The number of imidazole rings is 1. The zero-order chi connectivity index (χ0) is 21.3. The summed E-state index contributed by atoms with van der Waals surface area (Å²) >= 11 is 1.50. The van der Waals surface area contributed by atoms with Gasteiger partial charge in [0.05, 0.1) is 17.9 Å². The van der Waals surface area contributed by atoms with Crippen LogP contribution >= 0.6 is 11.8 Å². The van der Waals surface area contributed by atoms with Crippen LogP contribution in [0.25, 0.3) is 28.0 Å². The van der Waals surface area contributed by atoms with Crippen molar-refractivity contribution in [3.8, 4) is 22.4 Å². The summed E-state index contributed by atoms with van der Waals surface area (Å²) < 4.78 is 7.04. The largest absolute Gasteiger partial charge is 0.461 e. The van der Waals surface area contributed by atoms with Gasteiger partial charge in [-0.3, -0.25) is 9.38 Å². The van der Waals surface area contributed by atoms with E-state index in [1.165, 1.54) is 11.8 Å². The number of fused-ring (bicyclic) bond motifs is 1. The van der Waals surface area contributed by atoms with E-state index in [1.807, 2.05) is 67.0 Å². The quantitative estimate of drug-likeness (QED) is 0.259. The Hall–Kier alpha value is -3.19. The maximum Gasteiger partial charge on any atom is 0.358 e. The number of aryl methyl sites for hydroxylation is 2. The van der Waals surface area contributed by atoms with E-state index in [0.29, 0.717) is 12.3 Å². The second-order valence-corrected chi connectivity index (χ2v) is 7.64. The first-order chi connectivity index (χ1) is 14.5. The molecular formula is C23H22N4O2S. The van der Waals surface area contributed by atoms with Gasteiger partial charge in [-0.15, -0.1) is 0 Å². The lowest BCUT2D eigenvalue weighted by Gasteiger charge is -2.14. The van der Waals surface area contributed by atoms with Gasteiger partial charge in [-0.1, -0.05) is 42.1 Å². The van der Waals surface area contributed by atoms with Gasteiger partial charge >= 0.3 is 5.97 Å². The second kappa shape index (κ2) is 8.28. The summed E-state index contributed by atoms with van der Waals surface area (Å²) in [4.78, 5) is 26.5. The topological polar surface area (TPSA) is 69.4 Å². The zero-order valence-corrected chi connectivity index (χ0v) is 18.2. The number of carbonyl (C=O) groups excluding carboxylic acids is 1. The average Bonchev–Trinajstić information content (AvgIpc) is 3.18. The average molecular weight is 419 g/mol. The molecular weight excluding hydrogens is 396 g/mol. The van der Waals surface area contributed by atoms with E-state index in [-0.39, 0.29) is 5.69 Å². The number of benzene rings is 1. The fourth-order valence-corrected chi connectivity index (χ4v) is 4.03. The maximum atomic E-state index is 12.4. The summed E-state index contributed by atoms with van der Waals surface area (Å²) in [6.07, 6.45) is 3.66. The van der Waals surface area contributed by atoms with Crippen molar-refractivity contribution >= 4 is 23.4 Å². The molecule has 0 saturated carbocycles. The highest BCUT2D eigenvalue weighted by Gasteiger charge is 2.22. The van der Waals surface area contributed by atoms with Crippen LogP contribution in [0.1, 0.15) is 28.8 Å². The van der Waals surface area contributed by atoms with Gasteiger partial charge in [0.15, 0.2) is 10.9 Å². The van der Waals surface area contributed by atoms with E-state index in [1.54, 1.807) is 13.1 Å². The zero-order valence-electron chi connectivity index (χ0n) is 17.3. The van der Waals surface area contributed by atoms with Gasteiger partial charge in [-0.25, -0.2) is 14.8 Å². The molecule has 3 aromatic heterocycles. The first-order valence-corrected chi connectivity index (χ1v) is 10.9. The Balaban J connectivity index is 2.10. The van der Waals surface area contributed by atoms with Crippen LogP contribution in [0.4, 0.5) is 0 Å². The van der Waals surface area contributed by atoms with E-state index in [2.05, 4.69) is 9.97 Å². The number of hydrogen-bond acceptors (Lipinski definition) is 6. The van der Waals surface area contributed by atoms with Crippen LogP contribution in [0.5, 0.6) is 0 Å². The van der Waals surface area contributed by atoms with Crippen LogP contribution in [0.15, 0.2) is 53.8 Å². The Bertz CT molecular complexity index is 1210. The Labute approximate surface area is 179 Å².